The molecule has 1 aromatic rings. The van der Waals surface area contributed by atoms with Gasteiger partial charge in [-0.15, -0.1) is 0 Å². The highest BCUT2D eigenvalue weighted by Crippen LogP contribution is 2.20. The number of nitrogens with one attached hydrogen (secondary N) is 3. The molecule has 3 N–H and O–H groups in total. The number of hydrogen-bond donors (Lipinski definition) is 3. The number of sulfonamides is 1. The normalized spacial score (nSPS) is 17.6. The summed E-state index contributed by atoms with van der Waals surface area (Å²) in [6.07, 6.45) is 3.90. The van der Waals surface area contributed by atoms with Gasteiger partial charge in [-0.3, -0.25) is 5.10 Å². The predicted molar refractivity (Wildman–Crippen MR) is 76.8 cm³/mol. The maximum atomic E-state index is 12.3. The highest BCUT2D eigenvalue weighted by atomic mass is 32.2. The zero-order valence-electron chi connectivity index (χ0n) is 12.2. The lowest BCUT2D eigenvalue weighted by Crippen LogP contribution is -2.38. The van der Waals surface area contributed by atoms with E-state index in [4.69, 9.17) is 0 Å². The van der Waals surface area contributed by atoms with Crippen molar-refractivity contribution in [2.24, 2.45) is 0 Å². The Hall–Kier alpha value is -0.960. The second kappa shape index (κ2) is 6.21. The van der Waals surface area contributed by atoms with E-state index >= 15 is 0 Å². The van der Waals surface area contributed by atoms with Gasteiger partial charge in [0.2, 0.25) is 0 Å². The van der Waals surface area contributed by atoms with Crippen molar-refractivity contribution in [2.75, 3.05) is 20.6 Å². The highest BCUT2D eigenvalue weighted by Gasteiger charge is 2.24. The smallest absolute Gasteiger partial charge is 0.257 e. The molecule has 8 heteroatoms. The minimum atomic E-state index is -3.54. The molecule has 20 heavy (non-hydrogen) atoms. The minimum absolute atomic E-state index is 0.126. The molecular weight excluding hydrogens is 278 g/mol. The third-order valence-corrected chi connectivity index (χ3v) is 4.99. The first-order valence-electron chi connectivity index (χ1n) is 6.82. The van der Waals surface area contributed by atoms with E-state index in [1.54, 1.807) is 6.20 Å². The van der Waals surface area contributed by atoms with Crippen LogP contribution in [0.1, 0.15) is 25.3 Å². The molecule has 1 unspecified atom stereocenters. The Bertz CT molecular complexity index is 536. The Morgan fingerprint density at radius 3 is 2.80 bits per heavy atom. The second-order valence-corrected chi connectivity index (χ2v) is 7.25. The Balaban J connectivity index is 1.99. The number of rotatable bonds is 8. The minimum Gasteiger partial charge on any atom is -0.310 e. The standard InChI is InChI=1S/C12H23N5O2S/c1-9(17(2)3)6-15-20(18,19)12-10(8-14-16-12)7-13-11-4-5-11/h8-9,11,13,15H,4-7H2,1-3H3,(H,14,16). The molecule has 1 atom stereocenters. The summed E-state index contributed by atoms with van der Waals surface area (Å²) in [7, 11) is 0.295. The van der Waals surface area contributed by atoms with E-state index in [9.17, 15) is 8.42 Å². The fourth-order valence-corrected chi connectivity index (χ4v) is 2.93. The molecule has 0 amide bonds. The van der Waals surface area contributed by atoms with Gasteiger partial charge in [0.1, 0.15) is 0 Å². The number of hydrogen-bond acceptors (Lipinski definition) is 5. The maximum Gasteiger partial charge on any atom is 0.257 e. The molecule has 2 rings (SSSR count). The van der Waals surface area contributed by atoms with Crippen LogP contribution in [0.25, 0.3) is 0 Å². The molecule has 0 radical (unpaired) electrons. The second-order valence-electron chi connectivity index (χ2n) is 5.54. The Kier molecular flexibility index (Phi) is 4.79. The first kappa shape index (κ1) is 15.4. The zero-order chi connectivity index (χ0) is 14.8. The SMILES string of the molecule is CC(CNS(=O)(=O)c1[nH]ncc1CNC1CC1)N(C)C. The van der Waals surface area contributed by atoms with Gasteiger partial charge in [-0.2, -0.15) is 5.10 Å². The fourth-order valence-electron chi connectivity index (χ4n) is 1.68. The molecule has 1 aliphatic rings. The molecule has 0 bridgehead atoms. The summed E-state index contributed by atoms with van der Waals surface area (Å²) in [6, 6.07) is 0.655. The monoisotopic (exact) mass is 301 g/mol. The molecule has 1 aromatic heterocycles. The molecule has 0 saturated heterocycles. The van der Waals surface area contributed by atoms with Crippen molar-refractivity contribution >= 4 is 10.0 Å². The van der Waals surface area contributed by atoms with Gasteiger partial charge < -0.3 is 10.2 Å². The van der Waals surface area contributed by atoms with Gasteiger partial charge in [0.25, 0.3) is 10.0 Å². The summed E-state index contributed by atoms with van der Waals surface area (Å²) in [4.78, 5) is 1.96. The summed E-state index contributed by atoms with van der Waals surface area (Å²) in [5.41, 5.74) is 0.682. The quantitative estimate of drug-likeness (QED) is 0.623. The molecule has 0 aromatic carbocycles. The Morgan fingerprint density at radius 2 is 2.20 bits per heavy atom. The third kappa shape index (κ3) is 4.02. The van der Waals surface area contributed by atoms with Crippen LogP contribution in [0.15, 0.2) is 11.2 Å². The molecule has 1 heterocycles. The summed E-state index contributed by atoms with van der Waals surface area (Å²) in [6.45, 7) is 2.86. The third-order valence-electron chi connectivity index (χ3n) is 3.56. The average Bonchev–Trinajstić information content (AvgIpc) is 3.09. The van der Waals surface area contributed by atoms with Crippen LogP contribution < -0.4 is 10.0 Å². The number of H-pyrrole nitrogens is 1. The van der Waals surface area contributed by atoms with Gasteiger partial charge in [0.05, 0.1) is 6.20 Å². The fraction of sp³-hybridized carbons (Fsp3) is 0.750. The Morgan fingerprint density at radius 1 is 1.50 bits per heavy atom. The molecule has 1 saturated carbocycles. The van der Waals surface area contributed by atoms with E-state index in [1.165, 1.54) is 12.8 Å². The lowest BCUT2D eigenvalue weighted by molar-refractivity contribution is 0.313. The lowest BCUT2D eigenvalue weighted by atomic mass is 10.3. The van der Waals surface area contributed by atoms with Gasteiger partial charge in [0, 0.05) is 30.7 Å². The summed E-state index contributed by atoms with van der Waals surface area (Å²) in [5, 5.41) is 9.90. The zero-order valence-corrected chi connectivity index (χ0v) is 13.0. The largest absolute Gasteiger partial charge is 0.310 e. The first-order chi connectivity index (χ1) is 9.40. The van der Waals surface area contributed by atoms with E-state index in [-0.39, 0.29) is 11.1 Å². The number of aromatic amines is 1. The van der Waals surface area contributed by atoms with Crippen LogP contribution in [-0.4, -0.2) is 56.2 Å². The van der Waals surface area contributed by atoms with Gasteiger partial charge >= 0.3 is 0 Å². The lowest BCUT2D eigenvalue weighted by Gasteiger charge is -2.19. The van der Waals surface area contributed by atoms with Crippen LogP contribution in [0.4, 0.5) is 0 Å². The summed E-state index contributed by atoms with van der Waals surface area (Å²) < 4.78 is 27.2. The van der Waals surface area contributed by atoms with Crippen molar-refractivity contribution in [1.29, 1.82) is 0 Å². The highest BCUT2D eigenvalue weighted by molar-refractivity contribution is 7.89. The van der Waals surface area contributed by atoms with Crippen LogP contribution in [0.2, 0.25) is 0 Å². The predicted octanol–water partition coefficient (Wildman–Crippen LogP) is -0.110. The van der Waals surface area contributed by atoms with E-state index in [0.29, 0.717) is 24.7 Å². The molecule has 1 fully saturated rings. The molecule has 0 aliphatic heterocycles. The molecular formula is C12H23N5O2S. The molecule has 7 nitrogen and oxygen atoms in total. The van der Waals surface area contributed by atoms with E-state index < -0.39 is 10.0 Å². The van der Waals surface area contributed by atoms with Crippen LogP contribution >= 0.6 is 0 Å². The van der Waals surface area contributed by atoms with Gasteiger partial charge in [0.15, 0.2) is 5.03 Å². The van der Waals surface area contributed by atoms with Gasteiger partial charge in [-0.1, -0.05) is 0 Å². The topological polar surface area (TPSA) is 90.1 Å². The van der Waals surface area contributed by atoms with Crippen LogP contribution in [0.3, 0.4) is 0 Å². The van der Waals surface area contributed by atoms with E-state index in [1.807, 2.05) is 25.9 Å². The van der Waals surface area contributed by atoms with Crippen LogP contribution in [0.5, 0.6) is 0 Å². The van der Waals surface area contributed by atoms with Crippen molar-refractivity contribution in [3.63, 3.8) is 0 Å². The molecule has 114 valence electrons. The molecule has 1 aliphatic carbocycles. The van der Waals surface area contributed by atoms with Crippen molar-refractivity contribution in [3.8, 4) is 0 Å². The average molecular weight is 301 g/mol. The number of nitrogens with zero attached hydrogens (tertiary/aromatic N) is 2. The van der Waals surface area contributed by atoms with Crippen molar-refractivity contribution in [3.05, 3.63) is 11.8 Å². The number of aromatic nitrogens is 2. The maximum absolute atomic E-state index is 12.3. The van der Waals surface area contributed by atoms with E-state index in [0.717, 1.165) is 0 Å². The summed E-state index contributed by atoms with van der Waals surface area (Å²) in [5.74, 6) is 0. The van der Waals surface area contributed by atoms with E-state index in [2.05, 4.69) is 20.2 Å². The van der Waals surface area contributed by atoms with Crippen LogP contribution in [0, 0.1) is 0 Å². The van der Waals surface area contributed by atoms with Crippen molar-refractivity contribution < 1.29 is 8.42 Å². The Labute approximate surface area is 120 Å². The van der Waals surface area contributed by atoms with Crippen LogP contribution in [-0.2, 0) is 16.6 Å². The van der Waals surface area contributed by atoms with Crippen molar-refractivity contribution in [2.45, 2.75) is 43.4 Å². The van der Waals surface area contributed by atoms with Crippen molar-refractivity contribution in [1.82, 2.24) is 25.1 Å². The summed E-state index contributed by atoms with van der Waals surface area (Å²) >= 11 is 0. The number of likely N-dealkylation sites (N-methyl/N-ethyl adjacent to an activating group) is 1. The molecule has 0 spiro atoms. The van der Waals surface area contributed by atoms with Gasteiger partial charge in [-0.05, 0) is 33.9 Å². The first-order valence-corrected chi connectivity index (χ1v) is 8.30. The van der Waals surface area contributed by atoms with Gasteiger partial charge in [-0.25, -0.2) is 13.1 Å².